The summed E-state index contributed by atoms with van der Waals surface area (Å²) in [5, 5.41) is 7.11. The molecule has 3 rings (SSSR count). The molecular formula is C13H13N3OS. The van der Waals surface area contributed by atoms with Gasteiger partial charge in [0.05, 0.1) is 12.2 Å². The third kappa shape index (κ3) is 1.93. The second-order valence-electron chi connectivity index (χ2n) is 4.19. The molecule has 0 bridgehead atoms. The number of aromatic nitrogens is 1. The van der Waals surface area contributed by atoms with Crippen molar-refractivity contribution in [3.63, 3.8) is 0 Å². The van der Waals surface area contributed by atoms with Crippen LogP contribution in [0, 0.1) is 0 Å². The van der Waals surface area contributed by atoms with Gasteiger partial charge in [0.15, 0.2) is 11.6 Å². The highest BCUT2D eigenvalue weighted by Gasteiger charge is 2.10. The van der Waals surface area contributed by atoms with Crippen molar-refractivity contribution in [1.82, 2.24) is 5.16 Å². The van der Waals surface area contributed by atoms with Gasteiger partial charge in [-0.25, -0.2) is 0 Å². The number of anilines is 2. The third-order valence-corrected chi connectivity index (χ3v) is 3.79. The Labute approximate surface area is 109 Å². The Balaban J connectivity index is 1.90. The number of nitrogens with zero attached hydrogens (tertiary/aromatic N) is 2. The summed E-state index contributed by atoms with van der Waals surface area (Å²) >= 11 is 1.75. The van der Waals surface area contributed by atoms with Crippen LogP contribution in [0.4, 0.5) is 11.5 Å². The predicted molar refractivity (Wildman–Crippen MR) is 74.8 cm³/mol. The largest absolute Gasteiger partial charge is 0.381 e. The third-order valence-electron chi connectivity index (χ3n) is 2.84. The van der Waals surface area contributed by atoms with E-state index in [2.05, 4.69) is 39.7 Å². The minimum atomic E-state index is 0.425. The average molecular weight is 259 g/mol. The van der Waals surface area contributed by atoms with Gasteiger partial charge >= 0.3 is 0 Å². The molecule has 18 heavy (non-hydrogen) atoms. The first kappa shape index (κ1) is 11.1. The molecule has 92 valence electrons. The van der Waals surface area contributed by atoms with E-state index in [1.54, 1.807) is 17.4 Å². The first-order chi connectivity index (χ1) is 8.74. The molecule has 2 aromatic heterocycles. The zero-order valence-corrected chi connectivity index (χ0v) is 10.8. The maximum absolute atomic E-state index is 5.54. The molecule has 0 aliphatic heterocycles. The highest BCUT2D eigenvalue weighted by Crippen LogP contribution is 2.32. The molecule has 3 aromatic rings. The zero-order valence-electron chi connectivity index (χ0n) is 9.96. The summed E-state index contributed by atoms with van der Waals surface area (Å²) in [6, 6.07) is 10.1. The van der Waals surface area contributed by atoms with Crippen LogP contribution in [0.25, 0.3) is 10.1 Å². The number of thiophene rings is 1. The van der Waals surface area contributed by atoms with Crippen LogP contribution < -0.4 is 10.6 Å². The van der Waals surface area contributed by atoms with Gasteiger partial charge in [-0.1, -0.05) is 23.4 Å². The van der Waals surface area contributed by atoms with Crippen LogP contribution in [0.15, 0.2) is 40.2 Å². The van der Waals surface area contributed by atoms with Crippen molar-refractivity contribution in [2.75, 3.05) is 17.7 Å². The lowest BCUT2D eigenvalue weighted by Crippen LogP contribution is -2.15. The van der Waals surface area contributed by atoms with Crippen molar-refractivity contribution in [2.45, 2.75) is 6.54 Å². The van der Waals surface area contributed by atoms with Gasteiger partial charge in [0.1, 0.15) is 0 Å². The summed E-state index contributed by atoms with van der Waals surface area (Å²) in [6.07, 6.45) is 0. The average Bonchev–Trinajstić information content (AvgIpc) is 2.95. The molecular weight excluding hydrogens is 246 g/mol. The molecule has 0 fully saturated rings. The number of nitrogens with two attached hydrogens (primary N) is 1. The Morgan fingerprint density at radius 3 is 3.00 bits per heavy atom. The van der Waals surface area contributed by atoms with Crippen LogP contribution in [0.1, 0.15) is 5.76 Å². The van der Waals surface area contributed by atoms with Crippen LogP contribution in [-0.2, 0) is 6.54 Å². The highest BCUT2D eigenvalue weighted by molar-refractivity contribution is 7.17. The molecule has 0 saturated heterocycles. The van der Waals surface area contributed by atoms with E-state index in [-0.39, 0.29) is 0 Å². The Morgan fingerprint density at radius 1 is 1.39 bits per heavy atom. The lowest BCUT2D eigenvalue weighted by Gasteiger charge is -2.16. The second-order valence-corrected chi connectivity index (χ2v) is 5.10. The van der Waals surface area contributed by atoms with Gasteiger partial charge in [0.2, 0.25) is 0 Å². The first-order valence-electron chi connectivity index (χ1n) is 5.62. The van der Waals surface area contributed by atoms with Gasteiger partial charge in [0, 0.05) is 28.6 Å². The van der Waals surface area contributed by atoms with E-state index >= 15 is 0 Å². The number of benzene rings is 1. The molecule has 4 nitrogen and oxygen atoms in total. The lowest BCUT2D eigenvalue weighted by molar-refractivity contribution is 0.386. The lowest BCUT2D eigenvalue weighted by atomic mass is 10.2. The van der Waals surface area contributed by atoms with Crippen LogP contribution in [-0.4, -0.2) is 12.2 Å². The minimum absolute atomic E-state index is 0.425. The quantitative estimate of drug-likeness (QED) is 0.785. The van der Waals surface area contributed by atoms with Crippen LogP contribution in [0.2, 0.25) is 0 Å². The maximum atomic E-state index is 5.54. The smallest absolute Gasteiger partial charge is 0.167 e. The van der Waals surface area contributed by atoms with Gasteiger partial charge in [-0.2, -0.15) is 0 Å². The monoisotopic (exact) mass is 259 g/mol. The molecule has 0 aliphatic rings. The van der Waals surface area contributed by atoms with E-state index in [9.17, 15) is 0 Å². The van der Waals surface area contributed by atoms with Crippen LogP contribution in [0.3, 0.4) is 0 Å². The predicted octanol–water partition coefficient (Wildman–Crippen LogP) is 3.11. The molecule has 0 spiro atoms. The van der Waals surface area contributed by atoms with E-state index in [1.807, 2.05) is 7.05 Å². The Morgan fingerprint density at radius 2 is 2.22 bits per heavy atom. The Kier molecular flexibility index (Phi) is 2.68. The highest BCUT2D eigenvalue weighted by atomic mass is 32.1. The number of fused-ring (bicyclic) bond motifs is 1. The number of rotatable bonds is 3. The molecule has 2 N–H and O–H groups in total. The molecule has 5 heteroatoms. The van der Waals surface area contributed by atoms with Crippen molar-refractivity contribution < 1.29 is 4.52 Å². The van der Waals surface area contributed by atoms with Gasteiger partial charge < -0.3 is 15.2 Å². The standard InChI is InChI=1S/C13H13N3OS/c1-16(7-9-6-13(14)15-17-9)11-8-18-12-5-3-2-4-10(11)12/h2-6,8H,7H2,1H3,(H2,14,15). The number of hydrogen-bond acceptors (Lipinski definition) is 5. The summed E-state index contributed by atoms with van der Waals surface area (Å²) < 4.78 is 6.42. The first-order valence-corrected chi connectivity index (χ1v) is 6.50. The summed E-state index contributed by atoms with van der Waals surface area (Å²) in [7, 11) is 2.03. The van der Waals surface area contributed by atoms with Crippen molar-refractivity contribution in [3.8, 4) is 0 Å². The second kappa shape index (κ2) is 4.34. The molecule has 0 amide bonds. The fraction of sp³-hybridized carbons (Fsp3) is 0.154. The van der Waals surface area contributed by atoms with E-state index in [0.717, 1.165) is 5.76 Å². The zero-order chi connectivity index (χ0) is 12.5. The summed E-state index contributed by atoms with van der Waals surface area (Å²) in [6.45, 7) is 0.658. The van der Waals surface area contributed by atoms with Crippen LogP contribution in [0.5, 0.6) is 0 Å². The van der Waals surface area contributed by atoms with Crippen molar-refractivity contribution in [2.24, 2.45) is 0 Å². The fourth-order valence-corrected chi connectivity index (χ4v) is 2.98. The normalized spacial score (nSPS) is 10.9. The van der Waals surface area contributed by atoms with Gasteiger partial charge in [-0.3, -0.25) is 0 Å². The number of hydrogen-bond donors (Lipinski definition) is 1. The SMILES string of the molecule is CN(Cc1cc(N)no1)c1csc2ccccc12. The Bertz CT molecular complexity index is 673. The van der Waals surface area contributed by atoms with E-state index in [0.29, 0.717) is 12.4 Å². The van der Waals surface area contributed by atoms with Crippen LogP contribution >= 0.6 is 11.3 Å². The van der Waals surface area contributed by atoms with Crippen molar-refractivity contribution >= 4 is 32.9 Å². The maximum Gasteiger partial charge on any atom is 0.167 e. The molecule has 2 heterocycles. The fourth-order valence-electron chi connectivity index (χ4n) is 1.98. The van der Waals surface area contributed by atoms with Crippen molar-refractivity contribution in [3.05, 3.63) is 41.5 Å². The molecule has 0 unspecified atom stereocenters. The molecule has 0 saturated carbocycles. The van der Waals surface area contributed by atoms with Gasteiger partial charge in [-0.15, -0.1) is 11.3 Å². The van der Waals surface area contributed by atoms with E-state index in [1.165, 1.54) is 15.8 Å². The summed E-state index contributed by atoms with van der Waals surface area (Å²) in [4.78, 5) is 2.14. The summed E-state index contributed by atoms with van der Waals surface area (Å²) in [5.41, 5.74) is 6.74. The molecule has 0 radical (unpaired) electrons. The van der Waals surface area contributed by atoms with Gasteiger partial charge in [0.25, 0.3) is 0 Å². The Hall–Kier alpha value is -2.01. The topological polar surface area (TPSA) is 55.3 Å². The van der Waals surface area contributed by atoms with Gasteiger partial charge in [-0.05, 0) is 6.07 Å². The molecule has 1 aromatic carbocycles. The summed E-state index contributed by atoms with van der Waals surface area (Å²) in [5.74, 6) is 1.19. The number of nitrogen functional groups attached to an aromatic ring is 1. The van der Waals surface area contributed by atoms with Crippen molar-refractivity contribution in [1.29, 1.82) is 0 Å². The van der Waals surface area contributed by atoms with E-state index in [4.69, 9.17) is 10.3 Å². The minimum Gasteiger partial charge on any atom is -0.381 e. The molecule has 0 aliphatic carbocycles. The van der Waals surface area contributed by atoms with E-state index < -0.39 is 0 Å². The molecule has 0 atom stereocenters.